The molecular formula is C25H18Cl3N3O3. The molecule has 4 rings (SSSR count). The number of carbonyl (C=O) groups excluding carboxylic acids is 3. The van der Waals surface area contributed by atoms with E-state index in [4.69, 9.17) is 34.8 Å². The summed E-state index contributed by atoms with van der Waals surface area (Å²) in [6.07, 6.45) is 0. The van der Waals surface area contributed by atoms with Crippen LogP contribution in [0.4, 0.5) is 17.1 Å². The number of nitrogens with zero attached hydrogens (tertiary/aromatic N) is 1. The van der Waals surface area contributed by atoms with Crippen LogP contribution < -0.4 is 15.5 Å². The van der Waals surface area contributed by atoms with Gasteiger partial charge in [0.1, 0.15) is 10.7 Å². The van der Waals surface area contributed by atoms with Crippen LogP contribution in [0.5, 0.6) is 0 Å². The minimum absolute atomic E-state index is 0.102. The Morgan fingerprint density at radius 1 is 0.794 bits per heavy atom. The van der Waals surface area contributed by atoms with Gasteiger partial charge >= 0.3 is 0 Å². The zero-order valence-corrected chi connectivity index (χ0v) is 20.3. The largest absolute Gasteiger partial charge is 0.350 e. The Balaban J connectivity index is 1.50. The van der Waals surface area contributed by atoms with Gasteiger partial charge in [-0.2, -0.15) is 0 Å². The number of hydrogen-bond donors (Lipinski definition) is 2. The van der Waals surface area contributed by atoms with Crippen LogP contribution in [0.2, 0.25) is 10.0 Å². The van der Waals surface area contributed by atoms with Gasteiger partial charge in [0.2, 0.25) is 0 Å². The van der Waals surface area contributed by atoms with Crippen molar-refractivity contribution >= 4 is 69.6 Å². The standard InChI is InChI=1S/C25H18Cl3N3O3/c1-13-9-14(2)11-18(10-13)30-23(32)15-3-6-17(7-4-15)29-22-21(28)24(33)31(25(22)34)20-12-16(26)5-8-19(20)27/h3-12,29H,1-2H3,(H,30,32). The molecule has 0 spiro atoms. The van der Waals surface area contributed by atoms with Crippen LogP contribution in [0.25, 0.3) is 0 Å². The van der Waals surface area contributed by atoms with Gasteiger partial charge in [-0.3, -0.25) is 14.4 Å². The molecular weight excluding hydrogens is 497 g/mol. The smallest absolute Gasteiger partial charge is 0.283 e. The Kier molecular flexibility index (Phi) is 6.66. The third kappa shape index (κ3) is 4.80. The Bertz CT molecular complexity index is 1350. The average Bonchev–Trinajstić information content (AvgIpc) is 2.98. The predicted octanol–water partition coefficient (Wildman–Crippen LogP) is 6.30. The molecule has 0 aromatic heterocycles. The Hall–Kier alpha value is -3.32. The highest BCUT2D eigenvalue weighted by Gasteiger charge is 2.40. The van der Waals surface area contributed by atoms with Crippen molar-refractivity contribution in [2.24, 2.45) is 0 Å². The second kappa shape index (κ2) is 9.50. The molecule has 9 heteroatoms. The van der Waals surface area contributed by atoms with Crippen molar-refractivity contribution in [2.45, 2.75) is 13.8 Å². The second-order valence-corrected chi connectivity index (χ2v) is 8.98. The maximum Gasteiger partial charge on any atom is 0.283 e. The minimum Gasteiger partial charge on any atom is -0.350 e. The Morgan fingerprint density at radius 3 is 2.09 bits per heavy atom. The van der Waals surface area contributed by atoms with E-state index in [0.29, 0.717) is 22.0 Å². The van der Waals surface area contributed by atoms with E-state index < -0.39 is 11.8 Å². The predicted molar refractivity (Wildman–Crippen MR) is 136 cm³/mol. The quantitative estimate of drug-likeness (QED) is 0.392. The van der Waals surface area contributed by atoms with Crippen molar-refractivity contribution < 1.29 is 14.4 Å². The highest BCUT2D eigenvalue weighted by Crippen LogP contribution is 2.35. The summed E-state index contributed by atoms with van der Waals surface area (Å²) < 4.78 is 0. The fraction of sp³-hybridized carbons (Fsp3) is 0.0800. The summed E-state index contributed by atoms with van der Waals surface area (Å²) in [5.41, 5.74) is 3.72. The zero-order chi connectivity index (χ0) is 24.6. The van der Waals surface area contributed by atoms with Crippen LogP contribution >= 0.6 is 34.8 Å². The van der Waals surface area contributed by atoms with E-state index in [1.165, 1.54) is 12.1 Å². The van der Waals surface area contributed by atoms with Gasteiger partial charge in [0.05, 0.1) is 10.7 Å². The molecule has 0 unspecified atom stereocenters. The molecule has 172 valence electrons. The zero-order valence-electron chi connectivity index (χ0n) is 18.1. The molecule has 3 aromatic rings. The number of halogens is 3. The van der Waals surface area contributed by atoms with Gasteiger partial charge in [-0.05, 0) is 79.6 Å². The number of imide groups is 1. The molecule has 2 N–H and O–H groups in total. The van der Waals surface area contributed by atoms with Gasteiger partial charge in [0.15, 0.2) is 0 Å². The lowest BCUT2D eigenvalue weighted by atomic mass is 10.1. The first kappa shape index (κ1) is 23.8. The molecule has 3 amide bonds. The summed E-state index contributed by atoms with van der Waals surface area (Å²) in [5, 5.41) is 5.94. The third-order valence-corrected chi connectivity index (χ3v) is 5.98. The topological polar surface area (TPSA) is 78.5 Å². The minimum atomic E-state index is -0.720. The van der Waals surface area contributed by atoms with Crippen molar-refractivity contribution in [3.8, 4) is 0 Å². The molecule has 0 saturated carbocycles. The summed E-state index contributed by atoms with van der Waals surface area (Å²) in [6, 6.07) is 16.7. The maximum atomic E-state index is 13.0. The first-order chi connectivity index (χ1) is 16.1. The monoisotopic (exact) mass is 513 g/mol. The SMILES string of the molecule is Cc1cc(C)cc(NC(=O)c2ccc(NC3=C(Cl)C(=O)N(c4cc(Cl)ccc4Cl)C3=O)cc2)c1. The first-order valence-corrected chi connectivity index (χ1v) is 11.3. The van der Waals surface area contributed by atoms with Gasteiger partial charge in [0, 0.05) is 22.0 Å². The van der Waals surface area contributed by atoms with Crippen molar-refractivity contribution in [2.75, 3.05) is 15.5 Å². The lowest BCUT2D eigenvalue weighted by Gasteiger charge is -2.17. The summed E-state index contributed by atoms with van der Waals surface area (Å²) in [5.74, 6) is -1.67. The molecule has 34 heavy (non-hydrogen) atoms. The van der Waals surface area contributed by atoms with Crippen LogP contribution in [-0.4, -0.2) is 17.7 Å². The highest BCUT2D eigenvalue weighted by molar-refractivity contribution is 6.54. The van der Waals surface area contributed by atoms with E-state index in [-0.39, 0.29) is 27.3 Å². The van der Waals surface area contributed by atoms with Crippen molar-refractivity contribution in [1.29, 1.82) is 0 Å². The van der Waals surface area contributed by atoms with Crippen molar-refractivity contribution in [3.05, 3.63) is 98.1 Å². The summed E-state index contributed by atoms with van der Waals surface area (Å²) in [6.45, 7) is 3.92. The fourth-order valence-corrected chi connectivity index (χ4v) is 4.17. The molecule has 1 heterocycles. The van der Waals surface area contributed by atoms with Gasteiger partial charge in [-0.15, -0.1) is 0 Å². The number of carbonyl (C=O) groups is 3. The van der Waals surface area contributed by atoms with Crippen LogP contribution in [0.1, 0.15) is 21.5 Å². The molecule has 1 aliphatic heterocycles. The van der Waals surface area contributed by atoms with E-state index in [0.717, 1.165) is 16.0 Å². The van der Waals surface area contributed by atoms with Crippen LogP contribution in [0, 0.1) is 13.8 Å². The molecule has 6 nitrogen and oxygen atoms in total. The van der Waals surface area contributed by atoms with Gasteiger partial charge in [-0.25, -0.2) is 4.90 Å². The summed E-state index contributed by atoms with van der Waals surface area (Å²) >= 11 is 18.3. The number of anilines is 3. The maximum absolute atomic E-state index is 13.0. The van der Waals surface area contributed by atoms with Gasteiger partial charge in [-0.1, -0.05) is 40.9 Å². The normalized spacial score (nSPS) is 13.5. The Labute approximate surface area is 211 Å². The molecule has 0 radical (unpaired) electrons. The van der Waals surface area contributed by atoms with E-state index in [1.807, 2.05) is 32.0 Å². The fourth-order valence-electron chi connectivity index (χ4n) is 3.59. The van der Waals surface area contributed by atoms with E-state index in [2.05, 4.69) is 10.6 Å². The van der Waals surface area contributed by atoms with E-state index in [9.17, 15) is 14.4 Å². The first-order valence-electron chi connectivity index (χ1n) is 10.1. The Morgan fingerprint density at radius 2 is 1.44 bits per heavy atom. The summed E-state index contributed by atoms with van der Waals surface area (Å²) in [7, 11) is 0. The van der Waals surface area contributed by atoms with Crippen molar-refractivity contribution in [3.63, 3.8) is 0 Å². The average molecular weight is 515 g/mol. The second-order valence-electron chi connectivity index (χ2n) is 7.76. The number of nitrogens with one attached hydrogen (secondary N) is 2. The van der Waals surface area contributed by atoms with E-state index >= 15 is 0 Å². The van der Waals surface area contributed by atoms with E-state index in [1.54, 1.807) is 30.3 Å². The third-order valence-electron chi connectivity index (χ3n) is 5.07. The molecule has 0 aliphatic carbocycles. The molecule has 1 aliphatic rings. The molecule has 0 fully saturated rings. The van der Waals surface area contributed by atoms with Crippen LogP contribution in [0.15, 0.2) is 71.4 Å². The molecule has 0 atom stereocenters. The number of rotatable bonds is 5. The number of hydrogen-bond acceptors (Lipinski definition) is 4. The van der Waals surface area contributed by atoms with Crippen LogP contribution in [0.3, 0.4) is 0 Å². The lowest BCUT2D eigenvalue weighted by molar-refractivity contribution is -0.120. The summed E-state index contributed by atoms with van der Waals surface area (Å²) in [4.78, 5) is 39.1. The molecule has 0 bridgehead atoms. The molecule has 3 aromatic carbocycles. The number of amides is 3. The number of aryl methyl sites for hydroxylation is 2. The van der Waals surface area contributed by atoms with Crippen molar-refractivity contribution in [1.82, 2.24) is 0 Å². The lowest BCUT2D eigenvalue weighted by Crippen LogP contribution is -2.32. The number of benzene rings is 3. The molecule has 0 saturated heterocycles. The highest BCUT2D eigenvalue weighted by atomic mass is 35.5. The van der Waals surface area contributed by atoms with Gasteiger partial charge < -0.3 is 10.6 Å². The van der Waals surface area contributed by atoms with Crippen LogP contribution in [-0.2, 0) is 9.59 Å². The van der Waals surface area contributed by atoms with Gasteiger partial charge in [0.25, 0.3) is 17.7 Å².